The van der Waals surface area contributed by atoms with Gasteiger partial charge in [-0.25, -0.2) is 4.39 Å². The van der Waals surface area contributed by atoms with E-state index < -0.39 is 0 Å². The topological polar surface area (TPSA) is 40.7 Å². The van der Waals surface area contributed by atoms with Gasteiger partial charge in [-0.1, -0.05) is 24.3 Å². The second-order valence-electron chi connectivity index (χ2n) is 6.08. The number of H-pyrrole nitrogens is 1. The number of rotatable bonds is 4. The van der Waals surface area contributed by atoms with Crippen molar-refractivity contribution in [1.82, 2.24) is 9.97 Å². The first-order valence-electron chi connectivity index (χ1n) is 8.21. The third kappa shape index (κ3) is 2.98. The highest BCUT2D eigenvalue weighted by Crippen LogP contribution is 2.34. The van der Waals surface area contributed by atoms with Crippen LogP contribution in [0.4, 0.5) is 10.1 Å². The number of pyridine rings is 1. The molecule has 2 N–H and O–H groups in total. The van der Waals surface area contributed by atoms with Crippen molar-refractivity contribution in [1.29, 1.82) is 0 Å². The average Bonchev–Trinajstić information content (AvgIpc) is 2.98. The summed E-state index contributed by atoms with van der Waals surface area (Å²) in [4.78, 5) is 7.72. The van der Waals surface area contributed by atoms with E-state index in [0.29, 0.717) is 0 Å². The second-order valence-corrected chi connectivity index (χ2v) is 6.08. The Hall–Kier alpha value is -3.14. The number of fused-ring (bicyclic) bond motifs is 1. The predicted molar refractivity (Wildman–Crippen MR) is 99.1 cm³/mol. The summed E-state index contributed by atoms with van der Waals surface area (Å²) >= 11 is 0. The van der Waals surface area contributed by atoms with E-state index in [2.05, 4.69) is 40.4 Å². The molecule has 0 radical (unpaired) electrons. The molecule has 0 aliphatic carbocycles. The predicted octanol–water partition coefficient (Wildman–Crippen LogP) is 5.21. The fourth-order valence-electron chi connectivity index (χ4n) is 3.25. The minimum Gasteiger partial charge on any atom is -0.374 e. The third-order valence-corrected chi connectivity index (χ3v) is 4.41. The fourth-order valence-corrected chi connectivity index (χ4v) is 3.25. The summed E-state index contributed by atoms with van der Waals surface area (Å²) in [7, 11) is 0. The lowest BCUT2D eigenvalue weighted by Gasteiger charge is -2.21. The van der Waals surface area contributed by atoms with Gasteiger partial charge in [0.2, 0.25) is 0 Å². The Morgan fingerprint density at radius 3 is 2.56 bits per heavy atom. The van der Waals surface area contributed by atoms with Gasteiger partial charge in [-0.2, -0.15) is 0 Å². The minimum atomic E-state index is -0.244. The van der Waals surface area contributed by atoms with E-state index in [1.165, 1.54) is 23.1 Å². The highest BCUT2D eigenvalue weighted by molar-refractivity contribution is 5.86. The van der Waals surface area contributed by atoms with Crippen LogP contribution in [0.2, 0.25) is 0 Å². The Kier molecular flexibility index (Phi) is 3.94. The number of hydrogen-bond acceptors (Lipinski definition) is 2. The molecule has 2 aromatic heterocycles. The second kappa shape index (κ2) is 6.40. The number of para-hydroxylation sites is 1. The van der Waals surface area contributed by atoms with Gasteiger partial charge in [0.25, 0.3) is 0 Å². The molecular weight excluding hydrogens is 313 g/mol. The summed E-state index contributed by atoms with van der Waals surface area (Å²) in [6.45, 7) is 2.07. The highest BCUT2D eigenvalue weighted by Gasteiger charge is 2.21. The van der Waals surface area contributed by atoms with Gasteiger partial charge in [0.15, 0.2) is 0 Å². The molecule has 124 valence electrons. The molecule has 0 amide bonds. The molecule has 0 aliphatic rings. The first-order valence-corrected chi connectivity index (χ1v) is 8.21. The molecular formula is C21H18FN3. The molecule has 0 saturated carbocycles. The van der Waals surface area contributed by atoms with Crippen LogP contribution in [0.1, 0.15) is 22.9 Å². The molecule has 4 heteroatoms. The van der Waals surface area contributed by atoms with Gasteiger partial charge < -0.3 is 10.3 Å². The van der Waals surface area contributed by atoms with Crippen LogP contribution in [0.25, 0.3) is 10.9 Å². The summed E-state index contributed by atoms with van der Waals surface area (Å²) in [6.07, 6.45) is 3.63. The molecule has 4 aromatic rings. The molecule has 0 unspecified atom stereocenters. The molecule has 0 aliphatic heterocycles. The number of benzene rings is 2. The van der Waals surface area contributed by atoms with Crippen molar-refractivity contribution < 1.29 is 4.39 Å². The van der Waals surface area contributed by atoms with Crippen molar-refractivity contribution in [2.75, 3.05) is 5.32 Å². The van der Waals surface area contributed by atoms with Gasteiger partial charge in [0.1, 0.15) is 5.82 Å². The highest BCUT2D eigenvalue weighted by atomic mass is 19.1. The number of aryl methyl sites for hydroxylation is 1. The Bertz CT molecular complexity index is 991. The maximum atomic E-state index is 13.3. The van der Waals surface area contributed by atoms with Crippen LogP contribution < -0.4 is 5.32 Å². The average molecular weight is 331 g/mol. The van der Waals surface area contributed by atoms with Crippen LogP contribution >= 0.6 is 0 Å². The van der Waals surface area contributed by atoms with Crippen LogP contribution in [-0.4, -0.2) is 9.97 Å². The van der Waals surface area contributed by atoms with Crippen LogP contribution in [0, 0.1) is 12.7 Å². The molecule has 25 heavy (non-hydrogen) atoms. The molecule has 0 saturated heterocycles. The van der Waals surface area contributed by atoms with Crippen molar-refractivity contribution in [3.05, 3.63) is 95.7 Å². The molecule has 0 fully saturated rings. The van der Waals surface area contributed by atoms with Gasteiger partial charge >= 0.3 is 0 Å². The molecule has 1 atom stereocenters. The Balaban J connectivity index is 1.85. The number of halogens is 1. The lowest BCUT2D eigenvalue weighted by atomic mass is 9.97. The van der Waals surface area contributed by atoms with E-state index in [1.54, 1.807) is 18.3 Å². The summed E-state index contributed by atoms with van der Waals surface area (Å²) in [5.41, 5.74) is 5.29. The zero-order valence-electron chi connectivity index (χ0n) is 13.8. The normalized spacial score (nSPS) is 12.2. The number of aromatic nitrogens is 2. The number of aromatic amines is 1. The Morgan fingerprint density at radius 2 is 1.80 bits per heavy atom. The maximum absolute atomic E-state index is 13.3. The zero-order valence-corrected chi connectivity index (χ0v) is 13.8. The van der Waals surface area contributed by atoms with Gasteiger partial charge in [-0.3, -0.25) is 4.98 Å². The van der Waals surface area contributed by atoms with E-state index in [4.69, 9.17) is 0 Å². The lowest BCUT2D eigenvalue weighted by Crippen LogP contribution is -2.13. The van der Waals surface area contributed by atoms with E-state index >= 15 is 0 Å². The first kappa shape index (κ1) is 15.4. The van der Waals surface area contributed by atoms with E-state index in [0.717, 1.165) is 22.5 Å². The van der Waals surface area contributed by atoms with Gasteiger partial charge in [0.05, 0.1) is 6.04 Å². The Morgan fingerprint density at radius 1 is 1.00 bits per heavy atom. The SMILES string of the molecule is Cc1[nH]c2ccccc2c1[C@H](Nc1ccc(F)cc1)c1cccnc1. The third-order valence-electron chi connectivity index (χ3n) is 4.41. The molecule has 0 spiro atoms. The lowest BCUT2D eigenvalue weighted by molar-refractivity contribution is 0.628. The first-order chi connectivity index (χ1) is 12.2. The molecule has 0 bridgehead atoms. The largest absolute Gasteiger partial charge is 0.374 e. The monoisotopic (exact) mass is 331 g/mol. The number of anilines is 1. The van der Waals surface area contributed by atoms with Crippen LogP contribution in [-0.2, 0) is 0 Å². The minimum absolute atomic E-state index is 0.0877. The summed E-state index contributed by atoms with van der Waals surface area (Å²) < 4.78 is 13.3. The van der Waals surface area contributed by atoms with Crippen molar-refractivity contribution in [3.63, 3.8) is 0 Å². The van der Waals surface area contributed by atoms with Crippen LogP contribution in [0.5, 0.6) is 0 Å². The van der Waals surface area contributed by atoms with E-state index in [1.807, 2.05) is 24.4 Å². The Labute approximate surface area is 145 Å². The quantitative estimate of drug-likeness (QED) is 0.539. The number of hydrogen-bond donors (Lipinski definition) is 2. The maximum Gasteiger partial charge on any atom is 0.123 e. The molecule has 2 aromatic carbocycles. The molecule has 3 nitrogen and oxygen atoms in total. The van der Waals surface area contributed by atoms with Crippen molar-refractivity contribution >= 4 is 16.6 Å². The van der Waals surface area contributed by atoms with Crippen molar-refractivity contribution in [2.45, 2.75) is 13.0 Å². The molecule has 2 heterocycles. The zero-order chi connectivity index (χ0) is 17.2. The molecule has 4 rings (SSSR count). The van der Waals surface area contributed by atoms with Gasteiger partial charge in [0, 0.05) is 40.2 Å². The number of nitrogens with zero attached hydrogens (tertiary/aromatic N) is 1. The summed E-state index contributed by atoms with van der Waals surface area (Å²) in [6, 6.07) is 18.6. The van der Waals surface area contributed by atoms with Gasteiger partial charge in [-0.05, 0) is 48.9 Å². The van der Waals surface area contributed by atoms with E-state index in [9.17, 15) is 4.39 Å². The van der Waals surface area contributed by atoms with Crippen LogP contribution in [0.3, 0.4) is 0 Å². The number of nitrogens with one attached hydrogen (secondary N) is 2. The summed E-state index contributed by atoms with van der Waals surface area (Å²) in [5, 5.41) is 4.70. The van der Waals surface area contributed by atoms with Crippen molar-refractivity contribution in [3.8, 4) is 0 Å². The fraction of sp³-hybridized carbons (Fsp3) is 0.0952. The smallest absolute Gasteiger partial charge is 0.123 e. The van der Waals surface area contributed by atoms with Crippen molar-refractivity contribution in [2.24, 2.45) is 0 Å². The van der Waals surface area contributed by atoms with Crippen LogP contribution in [0.15, 0.2) is 73.1 Å². The standard InChI is InChI=1S/C21H18FN3/c1-14-20(18-6-2-3-7-19(18)24-14)21(15-5-4-12-23-13-15)25-17-10-8-16(22)9-11-17/h2-13,21,24-25H,1H3/t21-/m1/s1. The summed E-state index contributed by atoms with van der Waals surface area (Å²) in [5.74, 6) is -0.244. The van der Waals surface area contributed by atoms with E-state index in [-0.39, 0.29) is 11.9 Å². The van der Waals surface area contributed by atoms with Gasteiger partial charge in [-0.15, -0.1) is 0 Å².